The summed E-state index contributed by atoms with van der Waals surface area (Å²) in [6.07, 6.45) is 1.43. The number of nitrogens with one attached hydrogen (secondary N) is 1. The van der Waals surface area contributed by atoms with E-state index in [1.165, 1.54) is 5.56 Å². The SMILES string of the molecule is CCC(C)c1cccc2c1OC(C)(C)CC(=O)N2. The Labute approximate surface area is 109 Å². The summed E-state index contributed by atoms with van der Waals surface area (Å²) >= 11 is 0. The molecule has 0 saturated carbocycles. The number of rotatable bonds is 2. The molecule has 0 aromatic heterocycles. The summed E-state index contributed by atoms with van der Waals surface area (Å²) in [5, 5.41) is 2.93. The molecule has 0 saturated heterocycles. The minimum Gasteiger partial charge on any atom is -0.485 e. The summed E-state index contributed by atoms with van der Waals surface area (Å²) in [7, 11) is 0. The van der Waals surface area contributed by atoms with Crippen LogP contribution in [0.3, 0.4) is 0 Å². The maximum Gasteiger partial charge on any atom is 0.228 e. The van der Waals surface area contributed by atoms with E-state index in [9.17, 15) is 4.79 Å². The molecule has 0 radical (unpaired) electrons. The molecule has 3 heteroatoms. The first-order chi connectivity index (χ1) is 8.43. The second kappa shape index (κ2) is 4.63. The van der Waals surface area contributed by atoms with E-state index in [0.717, 1.165) is 17.9 Å². The molecule has 1 heterocycles. The van der Waals surface area contributed by atoms with Gasteiger partial charge in [-0.1, -0.05) is 26.0 Å². The van der Waals surface area contributed by atoms with E-state index in [1.54, 1.807) is 0 Å². The van der Waals surface area contributed by atoms with Crippen LogP contribution in [0.2, 0.25) is 0 Å². The van der Waals surface area contributed by atoms with Crippen LogP contribution in [0.1, 0.15) is 52.0 Å². The molecule has 3 nitrogen and oxygen atoms in total. The molecule has 1 unspecified atom stereocenters. The van der Waals surface area contributed by atoms with Crippen LogP contribution in [-0.4, -0.2) is 11.5 Å². The quantitative estimate of drug-likeness (QED) is 0.865. The van der Waals surface area contributed by atoms with Gasteiger partial charge >= 0.3 is 0 Å². The lowest BCUT2D eigenvalue weighted by Crippen LogP contribution is -2.31. The van der Waals surface area contributed by atoms with Crippen molar-refractivity contribution >= 4 is 11.6 Å². The highest BCUT2D eigenvalue weighted by Crippen LogP contribution is 2.39. The van der Waals surface area contributed by atoms with E-state index in [0.29, 0.717) is 12.3 Å². The summed E-state index contributed by atoms with van der Waals surface area (Å²) in [5.74, 6) is 1.27. The van der Waals surface area contributed by atoms with E-state index >= 15 is 0 Å². The van der Waals surface area contributed by atoms with Crippen molar-refractivity contribution in [3.05, 3.63) is 23.8 Å². The second-order valence-electron chi connectivity index (χ2n) is 5.62. The number of amides is 1. The van der Waals surface area contributed by atoms with Crippen LogP contribution in [-0.2, 0) is 4.79 Å². The predicted molar refractivity (Wildman–Crippen MR) is 73.1 cm³/mol. The number of carbonyl (C=O) groups is 1. The van der Waals surface area contributed by atoms with Gasteiger partial charge in [-0.25, -0.2) is 0 Å². The maximum absolute atomic E-state index is 11.8. The van der Waals surface area contributed by atoms with Crippen molar-refractivity contribution in [1.29, 1.82) is 0 Å². The van der Waals surface area contributed by atoms with Crippen molar-refractivity contribution < 1.29 is 9.53 Å². The van der Waals surface area contributed by atoms with Crippen LogP contribution in [0.4, 0.5) is 5.69 Å². The second-order valence-corrected chi connectivity index (χ2v) is 5.62. The fraction of sp³-hybridized carbons (Fsp3) is 0.533. The van der Waals surface area contributed by atoms with Gasteiger partial charge in [0.25, 0.3) is 0 Å². The molecule has 0 spiro atoms. The van der Waals surface area contributed by atoms with Gasteiger partial charge in [0, 0.05) is 0 Å². The summed E-state index contributed by atoms with van der Waals surface area (Å²) < 4.78 is 6.09. The zero-order valence-corrected chi connectivity index (χ0v) is 11.5. The van der Waals surface area contributed by atoms with Crippen molar-refractivity contribution in [3.8, 4) is 5.75 Å². The lowest BCUT2D eigenvalue weighted by atomic mass is 9.96. The van der Waals surface area contributed by atoms with E-state index in [4.69, 9.17) is 4.74 Å². The van der Waals surface area contributed by atoms with Gasteiger partial charge in [0.1, 0.15) is 11.4 Å². The molecule has 2 rings (SSSR count). The molecule has 1 aromatic carbocycles. The molecule has 1 amide bonds. The minimum absolute atomic E-state index is 0.0139. The van der Waals surface area contributed by atoms with Crippen LogP contribution in [0.25, 0.3) is 0 Å². The Morgan fingerprint density at radius 2 is 2.17 bits per heavy atom. The van der Waals surface area contributed by atoms with Gasteiger partial charge in [0.05, 0.1) is 12.1 Å². The fourth-order valence-corrected chi connectivity index (χ4v) is 2.27. The normalized spacial score (nSPS) is 19.2. The molecular weight excluding hydrogens is 226 g/mol. The third-order valence-electron chi connectivity index (χ3n) is 3.43. The summed E-state index contributed by atoms with van der Waals surface area (Å²) in [5.41, 5.74) is 1.51. The highest BCUT2D eigenvalue weighted by Gasteiger charge is 2.30. The number of carbonyl (C=O) groups excluding carboxylic acids is 1. The van der Waals surface area contributed by atoms with Crippen LogP contribution >= 0.6 is 0 Å². The number of fused-ring (bicyclic) bond motifs is 1. The molecular formula is C15H21NO2. The minimum atomic E-state index is -0.459. The Kier molecular flexibility index (Phi) is 3.33. The molecule has 98 valence electrons. The molecule has 1 N–H and O–H groups in total. The van der Waals surface area contributed by atoms with E-state index < -0.39 is 5.60 Å². The molecule has 0 aliphatic carbocycles. The van der Waals surface area contributed by atoms with E-state index in [1.807, 2.05) is 26.0 Å². The van der Waals surface area contributed by atoms with Gasteiger partial charge < -0.3 is 10.1 Å². The molecule has 1 aliphatic rings. The smallest absolute Gasteiger partial charge is 0.228 e. The molecule has 0 fully saturated rings. The van der Waals surface area contributed by atoms with Crippen molar-refractivity contribution in [2.24, 2.45) is 0 Å². The first-order valence-electron chi connectivity index (χ1n) is 6.54. The van der Waals surface area contributed by atoms with Crippen molar-refractivity contribution in [2.75, 3.05) is 5.32 Å². The summed E-state index contributed by atoms with van der Waals surface area (Å²) in [6, 6.07) is 5.96. The topological polar surface area (TPSA) is 38.3 Å². The third-order valence-corrected chi connectivity index (χ3v) is 3.43. The highest BCUT2D eigenvalue weighted by atomic mass is 16.5. The Bertz CT molecular complexity index is 466. The maximum atomic E-state index is 11.8. The highest BCUT2D eigenvalue weighted by molar-refractivity contribution is 5.94. The number of hydrogen-bond donors (Lipinski definition) is 1. The Morgan fingerprint density at radius 1 is 1.44 bits per heavy atom. The Hall–Kier alpha value is -1.51. The molecule has 1 aromatic rings. The lowest BCUT2D eigenvalue weighted by molar-refractivity contribution is -0.118. The van der Waals surface area contributed by atoms with E-state index in [-0.39, 0.29) is 5.91 Å². The number of anilines is 1. The molecule has 1 aliphatic heterocycles. The van der Waals surface area contributed by atoms with Gasteiger partial charge in [0.2, 0.25) is 5.91 Å². The monoisotopic (exact) mass is 247 g/mol. The van der Waals surface area contributed by atoms with Gasteiger partial charge in [-0.15, -0.1) is 0 Å². The Morgan fingerprint density at radius 3 is 2.83 bits per heavy atom. The largest absolute Gasteiger partial charge is 0.485 e. The van der Waals surface area contributed by atoms with Gasteiger partial charge in [-0.05, 0) is 37.8 Å². The summed E-state index contributed by atoms with van der Waals surface area (Å²) in [4.78, 5) is 11.8. The zero-order chi connectivity index (χ0) is 13.3. The summed E-state index contributed by atoms with van der Waals surface area (Å²) in [6.45, 7) is 8.24. The number of hydrogen-bond acceptors (Lipinski definition) is 2. The zero-order valence-electron chi connectivity index (χ0n) is 11.5. The third kappa shape index (κ3) is 2.50. The average molecular weight is 247 g/mol. The number of ether oxygens (including phenoxy) is 1. The van der Waals surface area contributed by atoms with Crippen molar-refractivity contribution in [3.63, 3.8) is 0 Å². The average Bonchev–Trinajstić information content (AvgIpc) is 2.40. The molecule has 1 atom stereocenters. The molecule has 0 bridgehead atoms. The predicted octanol–water partition coefficient (Wildman–Crippen LogP) is 3.70. The molecule has 18 heavy (non-hydrogen) atoms. The van der Waals surface area contributed by atoms with Crippen molar-refractivity contribution in [1.82, 2.24) is 0 Å². The van der Waals surface area contributed by atoms with Crippen LogP contribution in [0.15, 0.2) is 18.2 Å². The van der Waals surface area contributed by atoms with Crippen LogP contribution in [0, 0.1) is 0 Å². The van der Waals surface area contributed by atoms with Crippen molar-refractivity contribution in [2.45, 2.75) is 52.1 Å². The number of benzene rings is 1. The number of para-hydroxylation sites is 1. The van der Waals surface area contributed by atoms with Gasteiger partial charge in [0.15, 0.2) is 0 Å². The van der Waals surface area contributed by atoms with E-state index in [2.05, 4.69) is 25.2 Å². The fourth-order valence-electron chi connectivity index (χ4n) is 2.27. The first kappa shape index (κ1) is 12.9. The lowest BCUT2D eigenvalue weighted by Gasteiger charge is -2.26. The van der Waals surface area contributed by atoms with Crippen LogP contribution in [0.5, 0.6) is 5.75 Å². The van der Waals surface area contributed by atoms with Gasteiger partial charge in [-0.3, -0.25) is 4.79 Å². The first-order valence-corrected chi connectivity index (χ1v) is 6.54. The Balaban J connectivity index is 2.50. The van der Waals surface area contributed by atoms with Gasteiger partial charge in [-0.2, -0.15) is 0 Å². The van der Waals surface area contributed by atoms with Crippen LogP contribution < -0.4 is 10.1 Å². The standard InChI is InChI=1S/C15H21NO2/c1-5-10(2)11-7-6-8-12-14(11)18-15(3,4)9-13(17)16-12/h6-8,10H,5,9H2,1-4H3,(H,16,17).